The molecule has 6 nitrogen and oxygen atoms in total. The van der Waals surface area contributed by atoms with Crippen LogP contribution in [0.25, 0.3) is 0 Å². The summed E-state index contributed by atoms with van der Waals surface area (Å²) in [6, 6.07) is 0. The van der Waals surface area contributed by atoms with Crippen LogP contribution in [0.3, 0.4) is 0 Å². The molecule has 3 aliphatic heterocycles. The largest absolute Gasteiger partial charge is 0.376 e. The number of halogens is 1. The summed E-state index contributed by atoms with van der Waals surface area (Å²) in [7, 11) is 0. The zero-order valence-electron chi connectivity index (χ0n) is 13.0. The molecule has 0 aromatic carbocycles. The van der Waals surface area contributed by atoms with Gasteiger partial charge in [-0.05, 0) is 19.3 Å². The number of amides is 1. The molecule has 3 aliphatic rings. The van der Waals surface area contributed by atoms with Crippen molar-refractivity contribution >= 4 is 11.9 Å². The van der Waals surface area contributed by atoms with Crippen LogP contribution in [-0.2, 0) is 9.53 Å². The van der Waals surface area contributed by atoms with Gasteiger partial charge in [-0.3, -0.25) is 4.79 Å². The van der Waals surface area contributed by atoms with Crippen molar-refractivity contribution in [1.29, 1.82) is 0 Å². The van der Waals surface area contributed by atoms with E-state index in [0.29, 0.717) is 25.6 Å². The van der Waals surface area contributed by atoms with Gasteiger partial charge in [-0.15, -0.1) is 0 Å². The summed E-state index contributed by atoms with van der Waals surface area (Å²) in [6.07, 6.45) is 5.49. The first kappa shape index (κ1) is 14.8. The first-order valence-electron chi connectivity index (χ1n) is 8.35. The number of piperidine rings is 1. The number of hydrogen-bond acceptors (Lipinski definition) is 5. The molecular formula is C16H21FN4O2. The lowest BCUT2D eigenvalue weighted by atomic mass is 9.82. The standard InChI is InChI=1S/C16H21FN4O2/c17-11-7-18-16(19-8-11)21-9-13(12-3-6-23-14(12)10-21)15(22)20-4-1-2-5-20/h7-8,12-14H,1-6,9-10H2/t12-,13+,14+/m0/s1. The minimum absolute atomic E-state index is 0.0361. The molecule has 0 aliphatic carbocycles. The first-order chi connectivity index (χ1) is 11.2. The number of ether oxygens (including phenoxy) is 1. The van der Waals surface area contributed by atoms with Crippen molar-refractivity contribution < 1.29 is 13.9 Å². The van der Waals surface area contributed by atoms with Gasteiger partial charge in [0.2, 0.25) is 11.9 Å². The van der Waals surface area contributed by atoms with Gasteiger partial charge in [0.1, 0.15) is 0 Å². The van der Waals surface area contributed by atoms with E-state index >= 15 is 0 Å². The Bertz CT molecular complexity index is 576. The van der Waals surface area contributed by atoms with Crippen LogP contribution < -0.4 is 4.90 Å². The van der Waals surface area contributed by atoms with Crippen LogP contribution in [0.2, 0.25) is 0 Å². The van der Waals surface area contributed by atoms with Crippen molar-refractivity contribution in [3.8, 4) is 0 Å². The summed E-state index contributed by atoms with van der Waals surface area (Å²) in [4.78, 5) is 25.0. The highest BCUT2D eigenvalue weighted by Gasteiger charge is 2.45. The maximum atomic E-state index is 13.0. The number of aromatic nitrogens is 2. The quantitative estimate of drug-likeness (QED) is 0.816. The third kappa shape index (κ3) is 2.78. The second-order valence-corrected chi connectivity index (χ2v) is 6.61. The van der Waals surface area contributed by atoms with Gasteiger partial charge >= 0.3 is 0 Å². The van der Waals surface area contributed by atoms with Gasteiger partial charge in [0, 0.05) is 38.7 Å². The monoisotopic (exact) mass is 320 g/mol. The van der Waals surface area contributed by atoms with Crippen LogP contribution in [0.5, 0.6) is 0 Å². The summed E-state index contributed by atoms with van der Waals surface area (Å²) in [6.45, 7) is 3.68. The van der Waals surface area contributed by atoms with E-state index in [-0.39, 0.29) is 23.8 Å². The third-order valence-corrected chi connectivity index (χ3v) is 5.22. The number of hydrogen-bond donors (Lipinski definition) is 0. The Hall–Kier alpha value is -1.76. The summed E-state index contributed by atoms with van der Waals surface area (Å²) < 4.78 is 18.9. The van der Waals surface area contributed by atoms with Crippen LogP contribution in [-0.4, -0.2) is 59.7 Å². The van der Waals surface area contributed by atoms with Crippen molar-refractivity contribution in [3.63, 3.8) is 0 Å². The highest BCUT2D eigenvalue weighted by Crippen LogP contribution is 2.36. The zero-order chi connectivity index (χ0) is 15.8. The number of rotatable bonds is 2. The fraction of sp³-hybridized carbons (Fsp3) is 0.688. The summed E-state index contributed by atoms with van der Waals surface area (Å²) >= 11 is 0. The van der Waals surface area contributed by atoms with E-state index in [1.165, 1.54) is 12.4 Å². The summed E-state index contributed by atoms with van der Waals surface area (Å²) in [5.74, 6) is 0.447. The van der Waals surface area contributed by atoms with Gasteiger partial charge in [-0.2, -0.15) is 0 Å². The van der Waals surface area contributed by atoms with Gasteiger partial charge in [0.15, 0.2) is 5.82 Å². The van der Waals surface area contributed by atoms with Crippen molar-refractivity contribution in [2.75, 3.05) is 37.7 Å². The molecule has 0 radical (unpaired) electrons. The van der Waals surface area contributed by atoms with Gasteiger partial charge in [0.05, 0.1) is 24.4 Å². The topological polar surface area (TPSA) is 58.6 Å². The Morgan fingerprint density at radius 1 is 1.22 bits per heavy atom. The molecule has 3 atom stereocenters. The van der Waals surface area contributed by atoms with E-state index in [1.54, 1.807) is 0 Å². The van der Waals surface area contributed by atoms with Crippen LogP contribution in [0.4, 0.5) is 10.3 Å². The first-order valence-corrected chi connectivity index (χ1v) is 8.35. The number of fused-ring (bicyclic) bond motifs is 1. The molecule has 124 valence electrons. The second kappa shape index (κ2) is 6.03. The molecule has 0 spiro atoms. The minimum atomic E-state index is -0.453. The number of likely N-dealkylation sites (tertiary alicyclic amines) is 1. The van der Waals surface area contributed by atoms with Crippen LogP contribution in [0.1, 0.15) is 19.3 Å². The van der Waals surface area contributed by atoms with E-state index in [4.69, 9.17) is 4.74 Å². The fourth-order valence-electron chi connectivity index (χ4n) is 4.04. The van der Waals surface area contributed by atoms with Crippen LogP contribution >= 0.6 is 0 Å². The Labute approximate surface area is 134 Å². The van der Waals surface area contributed by atoms with Crippen molar-refractivity contribution in [3.05, 3.63) is 18.2 Å². The SMILES string of the molecule is O=C([C@@H]1CN(c2ncc(F)cn2)C[C@H]2OCC[C@H]21)N1CCCC1. The number of carbonyl (C=O) groups is 1. The molecule has 0 bridgehead atoms. The maximum absolute atomic E-state index is 13.0. The average Bonchev–Trinajstić information content (AvgIpc) is 3.25. The average molecular weight is 320 g/mol. The molecular weight excluding hydrogens is 299 g/mol. The molecule has 1 aromatic rings. The molecule has 1 amide bonds. The maximum Gasteiger partial charge on any atom is 0.227 e. The smallest absolute Gasteiger partial charge is 0.227 e. The molecule has 1 aromatic heterocycles. The molecule has 4 heterocycles. The molecule has 23 heavy (non-hydrogen) atoms. The normalized spacial score (nSPS) is 30.6. The lowest BCUT2D eigenvalue weighted by Crippen LogP contribution is -2.53. The Morgan fingerprint density at radius 3 is 2.70 bits per heavy atom. The van der Waals surface area contributed by atoms with Gasteiger partial charge in [0.25, 0.3) is 0 Å². The summed E-state index contributed by atoms with van der Waals surface area (Å²) in [5, 5.41) is 0. The van der Waals surface area contributed by atoms with E-state index < -0.39 is 5.82 Å². The number of nitrogens with zero attached hydrogens (tertiary/aromatic N) is 4. The lowest BCUT2D eigenvalue weighted by Gasteiger charge is -2.40. The van der Waals surface area contributed by atoms with E-state index in [0.717, 1.165) is 32.4 Å². The zero-order valence-corrected chi connectivity index (χ0v) is 13.0. The molecule has 3 fully saturated rings. The minimum Gasteiger partial charge on any atom is -0.376 e. The van der Waals surface area contributed by atoms with E-state index in [9.17, 15) is 9.18 Å². The predicted molar refractivity (Wildman–Crippen MR) is 81.4 cm³/mol. The van der Waals surface area contributed by atoms with E-state index in [1.807, 2.05) is 9.80 Å². The Kier molecular flexibility index (Phi) is 3.88. The van der Waals surface area contributed by atoms with Crippen molar-refractivity contribution in [2.24, 2.45) is 11.8 Å². The van der Waals surface area contributed by atoms with Gasteiger partial charge in [-0.1, -0.05) is 0 Å². The number of anilines is 1. The Morgan fingerprint density at radius 2 is 1.96 bits per heavy atom. The van der Waals surface area contributed by atoms with Crippen LogP contribution in [0, 0.1) is 17.7 Å². The molecule has 0 unspecified atom stereocenters. The predicted octanol–water partition coefficient (Wildman–Crippen LogP) is 1.08. The fourth-order valence-corrected chi connectivity index (χ4v) is 4.04. The molecule has 4 rings (SSSR count). The van der Waals surface area contributed by atoms with Crippen molar-refractivity contribution in [2.45, 2.75) is 25.4 Å². The van der Waals surface area contributed by atoms with Crippen LogP contribution in [0.15, 0.2) is 12.4 Å². The Balaban J connectivity index is 1.56. The molecule has 0 saturated carbocycles. The second-order valence-electron chi connectivity index (χ2n) is 6.61. The van der Waals surface area contributed by atoms with E-state index in [2.05, 4.69) is 9.97 Å². The van der Waals surface area contributed by atoms with Gasteiger partial charge < -0.3 is 14.5 Å². The number of carbonyl (C=O) groups excluding carboxylic acids is 1. The van der Waals surface area contributed by atoms with Gasteiger partial charge in [-0.25, -0.2) is 14.4 Å². The third-order valence-electron chi connectivity index (χ3n) is 5.22. The molecule has 7 heteroatoms. The lowest BCUT2D eigenvalue weighted by molar-refractivity contribution is -0.137. The summed E-state index contributed by atoms with van der Waals surface area (Å²) in [5.41, 5.74) is 0. The highest BCUT2D eigenvalue weighted by atomic mass is 19.1. The molecule has 3 saturated heterocycles. The highest BCUT2D eigenvalue weighted by molar-refractivity contribution is 5.80. The van der Waals surface area contributed by atoms with Crippen molar-refractivity contribution in [1.82, 2.24) is 14.9 Å². The molecule has 0 N–H and O–H groups in total.